The van der Waals surface area contributed by atoms with Gasteiger partial charge in [0, 0.05) is 13.1 Å². The lowest BCUT2D eigenvalue weighted by Gasteiger charge is -2.38. The third-order valence-electron chi connectivity index (χ3n) is 4.51. The summed E-state index contributed by atoms with van der Waals surface area (Å²) in [6.07, 6.45) is 2.55. The quantitative estimate of drug-likeness (QED) is 0.914. The number of nitrogens with zero attached hydrogens (tertiary/aromatic N) is 1. The SMILES string of the molecule is CN1CCC(C)(CNCc2ccc3c(c2)OCO3)CC1. The Bertz CT molecular complexity index is 468. The minimum atomic E-state index is 0.345. The summed E-state index contributed by atoms with van der Waals surface area (Å²) >= 11 is 0. The Morgan fingerprint density at radius 1 is 1.20 bits per heavy atom. The molecule has 1 N–H and O–H groups in total. The van der Waals surface area contributed by atoms with Crippen LogP contribution in [0.5, 0.6) is 11.5 Å². The van der Waals surface area contributed by atoms with Gasteiger partial charge in [0.05, 0.1) is 0 Å². The van der Waals surface area contributed by atoms with Gasteiger partial charge in [-0.1, -0.05) is 13.0 Å². The van der Waals surface area contributed by atoms with Gasteiger partial charge in [0.15, 0.2) is 11.5 Å². The van der Waals surface area contributed by atoms with E-state index in [1.54, 1.807) is 0 Å². The molecule has 0 aromatic heterocycles. The number of nitrogens with one attached hydrogen (secondary N) is 1. The number of hydrogen-bond donors (Lipinski definition) is 1. The number of likely N-dealkylation sites (tertiary alicyclic amines) is 1. The Morgan fingerprint density at radius 3 is 2.75 bits per heavy atom. The molecular weight excluding hydrogens is 252 g/mol. The molecule has 1 fully saturated rings. The van der Waals surface area contributed by atoms with Crippen molar-refractivity contribution in [3.63, 3.8) is 0 Å². The van der Waals surface area contributed by atoms with Crippen LogP contribution in [0, 0.1) is 5.41 Å². The average molecular weight is 276 g/mol. The first-order chi connectivity index (χ1) is 9.65. The van der Waals surface area contributed by atoms with Crippen molar-refractivity contribution >= 4 is 0 Å². The number of rotatable bonds is 4. The zero-order valence-corrected chi connectivity index (χ0v) is 12.4. The van der Waals surface area contributed by atoms with Gasteiger partial charge in [0.1, 0.15) is 0 Å². The van der Waals surface area contributed by atoms with E-state index in [4.69, 9.17) is 9.47 Å². The summed E-state index contributed by atoms with van der Waals surface area (Å²) in [4.78, 5) is 2.42. The van der Waals surface area contributed by atoms with Gasteiger partial charge in [-0.25, -0.2) is 0 Å². The molecule has 0 saturated carbocycles. The summed E-state index contributed by atoms with van der Waals surface area (Å²) in [5.41, 5.74) is 1.69. The minimum absolute atomic E-state index is 0.345. The second-order valence-corrected chi connectivity index (χ2v) is 6.41. The zero-order valence-electron chi connectivity index (χ0n) is 12.4. The van der Waals surface area contributed by atoms with Crippen molar-refractivity contribution in [1.82, 2.24) is 10.2 Å². The summed E-state index contributed by atoms with van der Waals surface area (Å²) in [6, 6.07) is 6.18. The molecule has 1 saturated heterocycles. The van der Waals surface area contributed by atoms with Crippen LogP contribution in [0.15, 0.2) is 18.2 Å². The Morgan fingerprint density at radius 2 is 1.95 bits per heavy atom. The molecule has 0 amide bonds. The molecule has 110 valence electrons. The molecule has 2 heterocycles. The highest BCUT2D eigenvalue weighted by Crippen LogP contribution is 2.33. The van der Waals surface area contributed by atoms with Crippen molar-refractivity contribution in [2.75, 3.05) is 33.5 Å². The van der Waals surface area contributed by atoms with Crippen LogP contribution in [-0.4, -0.2) is 38.4 Å². The largest absolute Gasteiger partial charge is 0.454 e. The fourth-order valence-electron chi connectivity index (χ4n) is 2.89. The van der Waals surface area contributed by atoms with Gasteiger partial charge < -0.3 is 19.7 Å². The van der Waals surface area contributed by atoms with E-state index in [-0.39, 0.29) is 0 Å². The lowest BCUT2D eigenvalue weighted by Crippen LogP contribution is -2.41. The van der Waals surface area contributed by atoms with Gasteiger partial charge in [-0.2, -0.15) is 0 Å². The van der Waals surface area contributed by atoms with Crippen LogP contribution >= 0.6 is 0 Å². The van der Waals surface area contributed by atoms with Gasteiger partial charge in [-0.15, -0.1) is 0 Å². The van der Waals surface area contributed by atoms with E-state index in [1.165, 1.54) is 31.5 Å². The number of ether oxygens (including phenoxy) is 2. The maximum absolute atomic E-state index is 5.41. The predicted octanol–water partition coefficient (Wildman–Crippen LogP) is 2.24. The lowest BCUT2D eigenvalue weighted by atomic mass is 9.80. The Labute approximate surface area is 121 Å². The zero-order chi connectivity index (χ0) is 14.0. The second kappa shape index (κ2) is 5.62. The van der Waals surface area contributed by atoms with Gasteiger partial charge in [-0.3, -0.25) is 0 Å². The molecule has 0 atom stereocenters. The number of piperidine rings is 1. The van der Waals surface area contributed by atoms with Gasteiger partial charge in [-0.05, 0) is 56.1 Å². The highest BCUT2D eigenvalue weighted by atomic mass is 16.7. The molecule has 0 unspecified atom stereocenters. The predicted molar refractivity (Wildman–Crippen MR) is 79.1 cm³/mol. The van der Waals surface area contributed by atoms with Crippen LogP contribution in [0.3, 0.4) is 0 Å². The molecule has 2 aliphatic rings. The molecule has 0 radical (unpaired) electrons. The fourth-order valence-corrected chi connectivity index (χ4v) is 2.89. The van der Waals surface area contributed by atoms with Crippen molar-refractivity contribution in [2.24, 2.45) is 5.41 Å². The van der Waals surface area contributed by atoms with Crippen LogP contribution in [0.1, 0.15) is 25.3 Å². The topological polar surface area (TPSA) is 33.7 Å². The second-order valence-electron chi connectivity index (χ2n) is 6.41. The monoisotopic (exact) mass is 276 g/mol. The molecule has 0 aliphatic carbocycles. The van der Waals surface area contributed by atoms with Gasteiger partial charge in [0.25, 0.3) is 0 Å². The molecule has 0 bridgehead atoms. The maximum atomic E-state index is 5.41. The van der Waals surface area contributed by atoms with Gasteiger partial charge in [0.2, 0.25) is 6.79 Å². The summed E-state index contributed by atoms with van der Waals surface area (Å²) in [6.45, 7) is 7.13. The van der Waals surface area contributed by atoms with Crippen LogP contribution in [-0.2, 0) is 6.54 Å². The first kappa shape index (κ1) is 13.7. The fraction of sp³-hybridized carbons (Fsp3) is 0.625. The first-order valence-electron chi connectivity index (χ1n) is 7.42. The van der Waals surface area contributed by atoms with Crippen molar-refractivity contribution in [2.45, 2.75) is 26.3 Å². The molecule has 4 heteroatoms. The molecular formula is C16H24N2O2. The van der Waals surface area contributed by atoms with Crippen molar-refractivity contribution < 1.29 is 9.47 Å². The number of fused-ring (bicyclic) bond motifs is 1. The molecule has 1 aromatic carbocycles. The minimum Gasteiger partial charge on any atom is -0.454 e. The van der Waals surface area contributed by atoms with Crippen LogP contribution in [0.25, 0.3) is 0 Å². The molecule has 2 aliphatic heterocycles. The van der Waals surface area contributed by atoms with Crippen LogP contribution in [0.2, 0.25) is 0 Å². The van der Waals surface area contributed by atoms with E-state index >= 15 is 0 Å². The maximum Gasteiger partial charge on any atom is 0.231 e. The lowest BCUT2D eigenvalue weighted by molar-refractivity contribution is 0.137. The summed E-state index contributed by atoms with van der Waals surface area (Å²) in [7, 11) is 2.21. The van der Waals surface area contributed by atoms with E-state index in [0.717, 1.165) is 24.6 Å². The van der Waals surface area contributed by atoms with E-state index in [0.29, 0.717) is 12.2 Å². The van der Waals surface area contributed by atoms with Crippen LogP contribution in [0.4, 0.5) is 0 Å². The summed E-state index contributed by atoms with van der Waals surface area (Å²) in [5.74, 6) is 1.73. The van der Waals surface area contributed by atoms with E-state index in [9.17, 15) is 0 Å². The molecule has 4 nitrogen and oxygen atoms in total. The van der Waals surface area contributed by atoms with Crippen LogP contribution < -0.4 is 14.8 Å². The molecule has 0 spiro atoms. The van der Waals surface area contributed by atoms with Crippen molar-refractivity contribution in [3.05, 3.63) is 23.8 Å². The van der Waals surface area contributed by atoms with Crippen molar-refractivity contribution in [3.8, 4) is 11.5 Å². The highest BCUT2D eigenvalue weighted by Gasteiger charge is 2.28. The van der Waals surface area contributed by atoms with E-state index < -0.39 is 0 Å². The average Bonchev–Trinajstić information content (AvgIpc) is 2.90. The van der Waals surface area contributed by atoms with E-state index in [2.05, 4.69) is 36.3 Å². The standard InChI is InChI=1S/C16H24N2O2/c1-16(5-7-18(2)8-6-16)11-17-10-13-3-4-14-15(9-13)20-12-19-14/h3-4,9,17H,5-8,10-12H2,1-2H3. The third kappa shape index (κ3) is 3.07. The molecule has 20 heavy (non-hydrogen) atoms. The molecule has 1 aromatic rings. The Kier molecular flexibility index (Phi) is 3.85. The number of hydrogen-bond acceptors (Lipinski definition) is 4. The van der Waals surface area contributed by atoms with E-state index in [1.807, 2.05) is 6.07 Å². The summed E-state index contributed by atoms with van der Waals surface area (Å²) < 4.78 is 10.7. The first-order valence-corrected chi connectivity index (χ1v) is 7.42. The number of benzene rings is 1. The third-order valence-corrected chi connectivity index (χ3v) is 4.51. The van der Waals surface area contributed by atoms with Crippen molar-refractivity contribution in [1.29, 1.82) is 0 Å². The smallest absolute Gasteiger partial charge is 0.231 e. The Balaban J connectivity index is 1.50. The Hall–Kier alpha value is -1.26. The summed E-state index contributed by atoms with van der Waals surface area (Å²) in [5, 5.41) is 3.60. The normalized spacial score (nSPS) is 21.1. The molecule has 3 rings (SSSR count). The highest BCUT2D eigenvalue weighted by molar-refractivity contribution is 5.44. The van der Waals surface area contributed by atoms with Gasteiger partial charge >= 0.3 is 0 Å².